The minimum absolute atomic E-state index is 0.257. The van der Waals surface area contributed by atoms with Gasteiger partial charge in [0.05, 0.1) is 4.90 Å². The van der Waals surface area contributed by atoms with Crippen LogP contribution < -0.4 is 4.74 Å². The first kappa shape index (κ1) is 16.2. The third-order valence-corrected chi connectivity index (χ3v) is 3.57. The van der Waals surface area contributed by atoms with Gasteiger partial charge in [0.1, 0.15) is 11.5 Å². The van der Waals surface area contributed by atoms with Crippen molar-refractivity contribution >= 4 is 9.84 Å². The summed E-state index contributed by atoms with van der Waals surface area (Å²) in [5.41, 5.74) is 1.09. The van der Waals surface area contributed by atoms with E-state index >= 15 is 0 Å². The number of ether oxygens (including phenoxy) is 1. The molecule has 3 nitrogen and oxygen atoms in total. The molecule has 0 saturated carbocycles. The van der Waals surface area contributed by atoms with E-state index in [1.807, 2.05) is 45.0 Å². The lowest BCUT2D eigenvalue weighted by atomic mass is 10.2. The summed E-state index contributed by atoms with van der Waals surface area (Å²) in [5, 5.41) is 0. The molecule has 2 aromatic rings. The molecule has 0 spiro atoms. The number of hydrogen-bond acceptors (Lipinski definition) is 3. The molecule has 0 saturated heterocycles. The van der Waals surface area contributed by atoms with Gasteiger partial charge in [0.2, 0.25) is 0 Å². The second-order valence-corrected chi connectivity index (χ2v) is 6.18. The quantitative estimate of drug-likeness (QED) is 0.850. The maximum Gasteiger partial charge on any atom is 0.175 e. The van der Waals surface area contributed by atoms with Gasteiger partial charge in [-0.15, -0.1) is 0 Å². The number of rotatable bonds is 3. The Hall–Kier alpha value is -1.81. The Morgan fingerprint density at radius 1 is 0.900 bits per heavy atom. The average Bonchev–Trinajstić information content (AvgIpc) is 2.40. The van der Waals surface area contributed by atoms with Gasteiger partial charge in [0, 0.05) is 6.26 Å². The van der Waals surface area contributed by atoms with E-state index in [0.717, 1.165) is 5.56 Å². The van der Waals surface area contributed by atoms with E-state index in [2.05, 4.69) is 0 Å². The van der Waals surface area contributed by atoms with Gasteiger partial charge in [0.15, 0.2) is 9.84 Å². The Kier molecular flexibility index (Phi) is 5.77. The molecule has 0 N–H and O–H groups in total. The number of hydrogen-bond donors (Lipinski definition) is 0. The SMILES string of the molecule is CC.Cc1cccc(Oc2cccc(S(C)(=O)=O)c2)c1. The Labute approximate surface area is 121 Å². The summed E-state index contributed by atoms with van der Waals surface area (Å²) in [6.07, 6.45) is 1.18. The molecule has 2 rings (SSSR count). The van der Waals surface area contributed by atoms with Crippen LogP contribution in [0.25, 0.3) is 0 Å². The van der Waals surface area contributed by atoms with Crippen molar-refractivity contribution in [2.75, 3.05) is 6.26 Å². The molecule has 0 heterocycles. The van der Waals surface area contributed by atoms with Crippen molar-refractivity contribution in [1.29, 1.82) is 0 Å². The van der Waals surface area contributed by atoms with Crippen molar-refractivity contribution < 1.29 is 13.2 Å². The number of sulfone groups is 1. The van der Waals surface area contributed by atoms with E-state index in [1.54, 1.807) is 18.2 Å². The highest BCUT2D eigenvalue weighted by Crippen LogP contribution is 2.24. The summed E-state index contributed by atoms with van der Waals surface area (Å²) in [6, 6.07) is 14.1. The predicted octanol–water partition coefficient (Wildman–Crippen LogP) is 4.22. The molecule has 0 aliphatic carbocycles. The average molecular weight is 292 g/mol. The second-order valence-electron chi connectivity index (χ2n) is 4.17. The van der Waals surface area contributed by atoms with Crippen molar-refractivity contribution in [3.05, 3.63) is 54.1 Å². The van der Waals surface area contributed by atoms with Gasteiger partial charge >= 0.3 is 0 Å². The van der Waals surface area contributed by atoms with E-state index in [9.17, 15) is 8.42 Å². The minimum atomic E-state index is -3.21. The molecule has 0 aliphatic rings. The fourth-order valence-electron chi connectivity index (χ4n) is 1.58. The molecule has 2 aromatic carbocycles. The van der Waals surface area contributed by atoms with Gasteiger partial charge in [-0.3, -0.25) is 0 Å². The van der Waals surface area contributed by atoms with E-state index < -0.39 is 9.84 Å². The molecule has 0 aromatic heterocycles. The fraction of sp³-hybridized carbons (Fsp3) is 0.250. The summed E-state index contributed by atoms with van der Waals surface area (Å²) in [7, 11) is -3.21. The normalized spacial score (nSPS) is 10.4. The van der Waals surface area contributed by atoms with E-state index in [1.165, 1.54) is 12.3 Å². The summed E-state index contributed by atoms with van der Waals surface area (Å²) in [5.74, 6) is 1.21. The summed E-state index contributed by atoms with van der Waals surface area (Å²) in [4.78, 5) is 0.257. The van der Waals surface area contributed by atoms with Gasteiger partial charge in [-0.2, -0.15) is 0 Å². The highest BCUT2D eigenvalue weighted by atomic mass is 32.2. The van der Waals surface area contributed by atoms with Crippen LogP contribution in [0.4, 0.5) is 0 Å². The first-order valence-corrected chi connectivity index (χ1v) is 8.39. The molecule has 4 heteroatoms. The van der Waals surface area contributed by atoms with Gasteiger partial charge in [-0.25, -0.2) is 8.42 Å². The van der Waals surface area contributed by atoms with Crippen LogP contribution in [0.3, 0.4) is 0 Å². The van der Waals surface area contributed by atoms with Crippen molar-refractivity contribution in [3.63, 3.8) is 0 Å². The summed E-state index contributed by atoms with van der Waals surface area (Å²) < 4.78 is 28.5. The highest BCUT2D eigenvalue weighted by molar-refractivity contribution is 7.90. The van der Waals surface area contributed by atoms with Gasteiger partial charge in [-0.1, -0.05) is 32.0 Å². The van der Waals surface area contributed by atoms with E-state index in [4.69, 9.17) is 4.74 Å². The molecular formula is C16H20O3S. The van der Waals surface area contributed by atoms with Gasteiger partial charge in [-0.05, 0) is 42.8 Å². The third-order valence-electron chi connectivity index (χ3n) is 2.46. The zero-order chi connectivity index (χ0) is 15.2. The molecule has 20 heavy (non-hydrogen) atoms. The molecule has 0 atom stereocenters. The largest absolute Gasteiger partial charge is 0.457 e. The standard InChI is InChI=1S/C14H14O3S.C2H6/c1-11-5-3-6-12(9-11)17-13-7-4-8-14(10-13)18(2,15)16;1-2/h3-10H,1-2H3;1-2H3. The van der Waals surface area contributed by atoms with Crippen LogP contribution in [0.15, 0.2) is 53.4 Å². The Morgan fingerprint density at radius 3 is 2.00 bits per heavy atom. The van der Waals surface area contributed by atoms with Crippen LogP contribution >= 0.6 is 0 Å². The predicted molar refractivity (Wildman–Crippen MR) is 82.2 cm³/mol. The smallest absolute Gasteiger partial charge is 0.175 e. The van der Waals surface area contributed by atoms with Gasteiger partial charge in [0.25, 0.3) is 0 Å². The maximum atomic E-state index is 11.4. The van der Waals surface area contributed by atoms with Crippen LogP contribution in [0.1, 0.15) is 19.4 Å². The van der Waals surface area contributed by atoms with Crippen molar-refractivity contribution in [2.45, 2.75) is 25.7 Å². The zero-order valence-corrected chi connectivity index (χ0v) is 13.1. The zero-order valence-electron chi connectivity index (χ0n) is 12.3. The first-order chi connectivity index (χ1) is 9.45. The van der Waals surface area contributed by atoms with Crippen LogP contribution in [0.5, 0.6) is 11.5 Å². The summed E-state index contributed by atoms with van der Waals surface area (Å²) >= 11 is 0. The molecule has 108 valence electrons. The fourth-order valence-corrected chi connectivity index (χ4v) is 2.24. The molecule has 0 amide bonds. The lowest BCUT2D eigenvalue weighted by molar-refractivity contribution is 0.480. The van der Waals surface area contributed by atoms with Crippen molar-refractivity contribution in [3.8, 4) is 11.5 Å². The third kappa shape index (κ3) is 4.70. The molecule has 0 radical (unpaired) electrons. The Morgan fingerprint density at radius 2 is 1.45 bits per heavy atom. The van der Waals surface area contributed by atoms with Crippen LogP contribution in [-0.4, -0.2) is 14.7 Å². The van der Waals surface area contributed by atoms with E-state index in [-0.39, 0.29) is 4.90 Å². The molecule has 0 unspecified atom stereocenters. The number of benzene rings is 2. The molecule has 0 fully saturated rings. The molecule has 0 aliphatic heterocycles. The molecule has 0 bridgehead atoms. The van der Waals surface area contributed by atoms with Crippen molar-refractivity contribution in [1.82, 2.24) is 0 Å². The first-order valence-electron chi connectivity index (χ1n) is 6.50. The topological polar surface area (TPSA) is 43.4 Å². The second kappa shape index (κ2) is 7.10. The summed E-state index contributed by atoms with van der Waals surface area (Å²) in [6.45, 7) is 5.97. The van der Waals surface area contributed by atoms with Crippen molar-refractivity contribution in [2.24, 2.45) is 0 Å². The maximum absolute atomic E-state index is 11.4. The number of aryl methyl sites for hydroxylation is 1. The monoisotopic (exact) mass is 292 g/mol. The highest BCUT2D eigenvalue weighted by Gasteiger charge is 2.08. The van der Waals surface area contributed by atoms with Crippen LogP contribution in [-0.2, 0) is 9.84 Å². The van der Waals surface area contributed by atoms with E-state index in [0.29, 0.717) is 11.5 Å². The Balaban J connectivity index is 0.000000956. The minimum Gasteiger partial charge on any atom is -0.457 e. The Bertz CT molecular complexity index is 661. The molecular weight excluding hydrogens is 272 g/mol. The lowest BCUT2D eigenvalue weighted by Crippen LogP contribution is -1.97. The van der Waals surface area contributed by atoms with Crippen LogP contribution in [0.2, 0.25) is 0 Å². The lowest BCUT2D eigenvalue weighted by Gasteiger charge is -2.07. The van der Waals surface area contributed by atoms with Crippen LogP contribution in [0, 0.1) is 6.92 Å². The van der Waals surface area contributed by atoms with Gasteiger partial charge < -0.3 is 4.74 Å².